The highest BCUT2D eigenvalue weighted by molar-refractivity contribution is 5.79. The zero-order valence-corrected chi connectivity index (χ0v) is 7.63. The van der Waals surface area contributed by atoms with E-state index in [1.54, 1.807) is 0 Å². The molecular weight excluding hydrogens is 156 g/mol. The number of carbonyl (C=O) groups excluding carboxylic acids is 1. The fourth-order valence-corrected chi connectivity index (χ4v) is 1.10. The summed E-state index contributed by atoms with van der Waals surface area (Å²) in [6, 6.07) is 0. The highest BCUT2D eigenvalue weighted by atomic mass is 16.3. The molecule has 70 valence electrons. The molecule has 0 unspecified atom stereocenters. The van der Waals surface area contributed by atoms with Gasteiger partial charge in [0.05, 0.1) is 18.7 Å². The summed E-state index contributed by atoms with van der Waals surface area (Å²) in [7, 11) is 3.69. The summed E-state index contributed by atoms with van der Waals surface area (Å²) in [4.78, 5) is 13.0. The highest BCUT2D eigenvalue weighted by Crippen LogP contribution is 2.34. The second kappa shape index (κ2) is 3.41. The maximum atomic E-state index is 11.2. The SMILES string of the molecule is CN(C)CC(=O)NC1(CO)CC1. The first-order valence-electron chi connectivity index (χ1n) is 4.15. The lowest BCUT2D eigenvalue weighted by Gasteiger charge is -2.16. The largest absolute Gasteiger partial charge is 0.394 e. The molecule has 0 aromatic carbocycles. The minimum absolute atomic E-state index is 0.00782. The van der Waals surface area contributed by atoms with Crippen LogP contribution in [0, 0.1) is 0 Å². The maximum Gasteiger partial charge on any atom is 0.234 e. The van der Waals surface area contributed by atoms with Gasteiger partial charge < -0.3 is 15.3 Å². The predicted octanol–water partition coefficient (Wildman–Crippen LogP) is -0.811. The molecule has 4 heteroatoms. The molecule has 1 amide bonds. The topological polar surface area (TPSA) is 52.6 Å². The Labute approximate surface area is 72.6 Å². The van der Waals surface area contributed by atoms with E-state index in [0.717, 1.165) is 12.8 Å². The first-order chi connectivity index (χ1) is 5.58. The minimum atomic E-state index is -0.271. The van der Waals surface area contributed by atoms with Gasteiger partial charge in [-0.1, -0.05) is 0 Å². The Balaban J connectivity index is 2.26. The van der Waals surface area contributed by atoms with Crippen molar-refractivity contribution >= 4 is 5.91 Å². The summed E-state index contributed by atoms with van der Waals surface area (Å²) in [6.07, 6.45) is 1.81. The van der Waals surface area contributed by atoms with Crippen molar-refractivity contribution in [2.24, 2.45) is 0 Å². The standard InChI is InChI=1S/C8H16N2O2/c1-10(2)5-7(12)9-8(6-11)3-4-8/h11H,3-6H2,1-2H3,(H,9,12). The first-order valence-corrected chi connectivity index (χ1v) is 4.15. The number of carbonyl (C=O) groups is 1. The van der Waals surface area contributed by atoms with Gasteiger partial charge in [0.2, 0.25) is 5.91 Å². The Morgan fingerprint density at radius 1 is 1.58 bits per heavy atom. The summed E-state index contributed by atoms with van der Waals surface area (Å²) < 4.78 is 0. The van der Waals surface area contributed by atoms with Gasteiger partial charge in [-0.05, 0) is 26.9 Å². The van der Waals surface area contributed by atoms with Crippen LogP contribution in [-0.2, 0) is 4.79 Å². The van der Waals surface area contributed by atoms with Crippen molar-refractivity contribution in [3.05, 3.63) is 0 Å². The van der Waals surface area contributed by atoms with Crippen LogP contribution in [0.5, 0.6) is 0 Å². The number of nitrogens with one attached hydrogen (secondary N) is 1. The third-order valence-electron chi connectivity index (χ3n) is 2.02. The fraction of sp³-hybridized carbons (Fsp3) is 0.875. The molecule has 0 aromatic heterocycles. The molecule has 0 radical (unpaired) electrons. The van der Waals surface area contributed by atoms with Crippen LogP contribution in [0.25, 0.3) is 0 Å². The predicted molar refractivity (Wildman–Crippen MR) is 45.7 cm³/mol. The van der Waals surface area contributed by atoms with Crippen LogP contribution < -0.4 is 5.32 Å². The Morgan fingerprint density at radius 2 is 2.17 bits per heavy atom. The smallest absolute Gasteiger partial charge is 0.234 e. The summed E-state index contributed by atoms with van der Waals surface area (Å²) in [6.45, 7) is 0.452. The molecule has 0 atom stereocenters. The number of hydrogen-bond donors (Lipinski definition) is 2. The Morgan fingerprint density at radius 3 is 2.50 bits per heavy atom. The van der Waals surface area contributed by atoms with Crippen molar-refractivity contribution in [2.75, 3.05) is 27.2 Å². The summed E-state index contributed by atoms with van der Waals surface area (Å²) in [5.74, 6) is -0.00782. The minimum Gasteiger partial charge on any atom is -0.394 e. The van der Waals surface area contributed by atoms with Gasteiger partial charge in [-0.2, -0.15) is 0 Å². The Bertz CT molecular complexity index is 176. The van der Waals surface area contributed by atoms with Gasteiger partial charge in [-0.15, -0.1) is 0 Å². The molecule has 1 aliphatic rings. The molecule has 2 N–H and O–H groups in total. The Kier molecular flexibility index (Phi) is 2.69. The second-order valence-electron chi connectivity index (χ2n) is 3.72. The van der Waals surface area contributed by atoms with E-state index >= 15 is 0 Å². The molecule has 1 fully saturated rings. The molecule has 0 saturated heterocycles. The number of nitrogens with zero attached hydrogens (tertiary/aromatic N) is 1. The fourth-order valence-electron chi connectivity index (χ4n) is 1.10. The average Bonchev–Trinajstić information content (AvgIpc) is 2.67. The van der Waals surface area contributed by atoms with Gasteiger partial charge in [-0.3, -0.25) is 4.79 Å². The second-order valence-corrected chi connectivity index (χ2v) is 3.72. The van der Waals surface area contributed by atoms with Crippen LogP contribution in [-0.4, -0.2) is 48.7 Å². The summed E-state index contributed by atoms with van der Waals surface area (Å²) in [5, 5.41) is 11.7. The van der Waals surface area contributed by atoms with Crippen molar-refractivity contribution in [1.82, 2.24) is 10.2 Å². The lowest BCUT2D eigenvalue weighted by Crippen LogP contribution is -2.43. The van der Waals surface area contributed by atoms with Gasteiger partial charge in [0.15, 0.2) is 0 Å². The van der Waals surface area contributed by atoms with E-state index in [-0.39, 0.29) is 18.1 Å². The monoisotopic (exact) mass is 172 g/mol. The molecule has 1 rings (SSSR count). The van der Waals surface area contributed by atoms with Crippen molar-refractivity contribution in [3.63, 3.8) is 0 Å². The van der Waals surface area contributed by atoms with E-state index in [2.05, 4.69) is 5.32 Å². The molecule has 0 bridgehead atoms. The summed E-state index contributed by atoms with van der Waals surface area (Å²) in [5.41, 5.74) is -0.271. The van der Waals surface area contributed by atoms with Gasteiger partial charge in [0, 0.05) is 0 Å². The third kappa shape index (κ3) is 2.46. The van der Waals surface area contributed by atoms with Gasteiger partial charge in [0.1, 0.15) is 0 Å². The molecule has 12 heavy (non-hydrogen) atoms. The summed E-state index contributed by atoms with van der Waals surface area (Å²) >= 11 is 0. The van der Waals surface area contributed by atoms with Gasteiger partial charge in [0.25, 0.3) is 0 Å². The van der Waals surface area contributed by atoms with Gasteiger partial charge >= 0.3 is 0 Å². The Hall–Kier alpha value is -0.610. The average molecular weight is 172 g/mol. The lowest BCUT2D eigenvalue weighted by molar-refractivity contribution is -0.123. The van der Waals surface area contributed by atoms with Gasteiger partial charge in [-0.25, -0.2) is 0 Å². The van der Waals surface area contributed by atoms with Crippen molar-refractivity contribution in [1.29, 1.82) is 0 Å². The van der Waals surface area contributed by atoms with E-state index in [1.165, 1.54) is 0 Å². The number of hydrogen-bond acceptors (Lipinski definition) is 3. The van der Waals surface area contributed by atoms with Crippen molar-refractivity contribution < 1.29 is 9.90 Å². The van der Waals surface area contributed by atoms with Crippen LogP contribution in [0.4, 0.5) is 0 Å². The van der Waals surface area contributed by atoms with E-state index in [0.29, 0.717) is 6.54 Å². The molecule has 0 aromatic rings. The molecule has 0 heterocycles. The highest BCUT2D eigenvalue weighted by Gasteiger charge is 2.43. The molecule has 0 spiro atoms. The molecule has 0 aliphatic heterocycles. The quantitative estimate of drug-likeness (QED) is 0.583. The lowest BCUT2D eigenvalue weighted by atomic mass is 10.3. The van der Waals surface area contributed by atoms with E-state index in [9.17, 15) is 4.79 Å². The van der Waals surface area contributed by atoms with Crippen LogP contribution in [0.3, 0.4) is 0 Å². The molecular formula is C8H16N2O2. The van der Waals surface area contributed by atoms with Crippen LogP contribution >= 0.6 is 0 Å². The molecule has 1 aliphatic carbocycles. The van der Waals surface area contributed by atoms with Crippen molar-refractivity contribution in [2.45, 2.75) is 18.4 Å². The number of likely N-dealkylation sites (N-methyl/N-ethyl adjacent to an activating group) is 1. The van der Waals surface area contributed by atoms with E-state index in [1.807, 2.05) is 19.0 Å². The van der Waals surface area contributed by atoms with Crippen LogP contribution in [0.15, 0.2) is 0 Å². The number of rotatable bonds is 4. The zero-order valence-electron chi connectivity index (χ0n) is 7.63. The first kappa shape index (κ1) is 9.48. The maximum absolute atomic E-state index is 11.2. The van der Waals surface area contributed by atoms with Crippen LogP contribution in [0.1, 0.15) is 12.8 Å². The molecule has 1 saturated carbocycles. The van der Waals surface area contributed by atoms with E-state index < -0.39 is 0 Å². The number of aliphatic hydroxyl groups is 1. The number of aliphatic hydroxyl groups excluding tert-OH is 1. The third-order valence-corrected chi connectivity index (χ3v) is 2.02. The normalized spacial score (nSPS) is 19.3. The van der Waals surface area contributed by atoms with Crippen molar-refractivity contribution in [3.8, 4) is 0 Å². The number of amides is 1. The van der Waals surface area contributed by atoms with Crippen LogP contribution in [0.2, 0.25) is 0 Å². The zero-order chi connectivity index (χ0) is 9.19. The van der Waals surface area contributed by atoms with E-state index in [4.69, 9.17) is 5.11 Å². The molecule has 4 nitrogen and oxygen atoms in total.